The molecule has 2 heterocycles. The summed E-state index contributed by atoms with van der Waals surface area (Å²) < 4.78 is 36.7. The zero-order chi connectivity index (χ0) is 36.3. The van der Waals surface area contributed by atoms with E-state index in [1.807, 2.05) is 50.2 Å². The molecule has 0 bridgehead atoms. The Morgan fingerprint density at radius 1 is 0.902 bits per heavy atom. The van der Waals surface area contributed by atoms with Gasteiger partial charge in [-0.2, -0.15) is 5.10 Å². The quantitative estimate of drug-likeness (QED) is 0.0939. The minimum absolute atomic E-state index is 0.0135. The lowest BCUT2D eigenvalue weighted by Crippen LogP contribution is -2.32. The number of rotatable bonds is 12. The van der Waals surface area contributed by atoms with Crippen LogP contribution in [0.25, 0.3) is 10.9 Å². The second kappa shape index (κ2) is 14.8. The highest BCUT2D eigenvalue weighted by Crippen LogP contribution is 2.31. The lowest BCUT2D eigenvalue weighted by molar-refractivity contribution is -0.384. The first-order valence-corrected chi connectivity index (χ1v) is 17.8. The number of nitrogens with one attached hydrogen (secondary N) is 2. The van der Waals surface area contributed by atoms with Gasteiger partial charge in [0.1, 0.15) is 22.9 Å². The lowest BCUT2D eigenvalue weighted by atomic mass is 10.1. The molecule has 0 spiro atoms. The summed E-state index contributed by atoms with van der Waals surface area (Å²) in [6.45, 7) is 4.19. The molecular weight excluding hydrogens is 715 g/mol. The van der Waals surface area contributed by atoms with Gasteiger partial charge in [-0.1, -0.05) is 35.3 Å². The largest absolute Gasteiger partial charge is 0.457 e. The third-order valence-corrected chi connectivity index (χ3v) is 10.2. The summed E-state index contributed by atoms with van der Waals surface area (Å²) in [4.78, 5) is 28.5. The zero-order valence-electron chi connectivity index (χ0n) is 27.3. The number of anilines is 1. The number of carbonyl (C=O) groups excluding carboxylic acids is 1. The van der Waals surface area contributed by atoms with Crippen molar-refractivity contribution >= 4 is 61.4 Å². The molecule has 0 aliphatic carbocycles. The molecule has 1 amide bonds. The van der Waals surface area contributed by atoms with Crippen molar-refractivity contribution in [3.05, 3.63) is 145 Å². The van der Waals surface area contributed by atoms with Gasteiger partial charge in [0, 0.05) is 40.4 Å². The molecule has 2 N–H and O–H groups in total. The first-order valence-electron chi connectivity index (χ1n) is 15.6. The molecule has 0 unspecified atom stereocenters. The predicted octanol–water partition coefficient (Wildman–Crippen LogP) is 7.88. The molecule has 0 atom stereocenters. The van der Waals surface area contributed by atoms with Crippen LogP contribution in [0, 0.1) is 24.0 Å². The summed E-state index contributed by atoms with van der Waals surface area (Å²) in [5.41, 5.74) is 3.53. The van der Waals surface area contributed by atoms with E-state index in [4.69, 9.17) is 27.9 Å². The number of benzene rings is 4. The van der Waals surface area contributed by atoms with E-state index in [-0.39, 0.29) is 35.1 Å². The van der Waals surface area contributed by atoms with E-state index < -0.39 is 20.9 Å². The topological polar surface area (TPSA) is 158 Å². The summed E-state index contributed by atoms with van der Waals surface area (Å²) in [7, 11) is -4.51. The summed E-state index contributed by atoms with van der Waals surface area (Å²) >= 11 is 12.6. The van der Waals surface area contributed by atoms with Crippen molar-refractivity contribution in [3.8, 4) is 11.5 Å². The van der Waals surface area contributed by atoms with E-state index in [0.717, 1.165) is 40.5 Å². The van der Waals surface area contributed by atoms with Crippen molar-refractivity contribution in [2.45, 2.75) is 31.7 Å². The van der Waals surface area contributed by atoms with Crippen LogP contribution in [0.1, 0.15) is 32.7 Å². The summed E-state index contributed by atoms with van der Waals surface area (Å²) in [6, 6.07) is 22.5. The molecule has 6 aromatic rings. The number of sulfonamides is 1. The number of hydrogen-bond acceptors (Lipinski definition) is 9. The van der Waals surface area contributed by atoms with Gasteiger partial charge in [0.15, 0.2) is 0 Å². The normalized spacial score (nSPS) is 11.4. The second-order valence-corrected chi connectivity index (χ2v) is 14.2. The predicted molar refractivity (Wildman–Crippen MR) is 195 cm³/mol. The average molecular weight is 746 g/mol. The molecular formula is C36H30Cl2N6O6S. The van der Waals surface area contributed by atoms with Crippen LogP contribution >= 0.6 is 23.2 Å². The van der Waals surface area contributed by atoms with Crippen molar-refractivity contribution in [1.29, 1.82) is 0 Å². The van der Waals surface area contributed by atoms with E-state index in [9.17, 15) is 23.3 Å². The molecule has 0 saturated carbocycles. The molecule has 51 heavy (non-hydrogen) atoms. The first kappa shape index (κ1) is 35.3. The Bertz CT molecular complexity index is 2360. The van der Waals surface area contributed by atoms with Crippen LogP contribution in [0.3, 0.4) is 0 Å². The number of ether oxygens (including phenoxy) is 1. The number of pyridine rings is 1. The van der Waals surface area contributed by atoms with Gasteiger partial charge in [0.05, 0.1) is 21.9 Å². The lowest BCUT2D eigenvalue weighted by Gasteiger charge is -2.13. The molecule has 0 radical (unpaired) electrons. The number of carbonyl (C=O) groups is 1. The van der Waals surface area contributed by atoms with Crippen molar-refractivity contribution < 1.29 is 22.9 Å². The number of aryl methyl sites for hydroxylation is 2. The number of halogens is 2. The maximum atomic E-state index is 13.8. The van der Waals surface area contributed by atoms with Crippen LogP contribution in [0.4, 0.5) is 11.4 Å². The summed E-state index contributed by atoms with van der Waals surface area (Å²) in [6.07, 6.45) is 3.77. The highest BCUT2D eigenvalue weighted by molar-refractivity contribution is 7.90. The highest BCUT2D eigenvalue weighted by atomic mass is 35.5. The van der Waals surface area contributed by atoms with E-state index in [1.54, 1.807) is 36.7 Å². The van der Waals surface area contributed by atoms with Crippen molar-refractivity contribution in [1.82, 2.24) is 19.5 Å². The number of nitrogens with zero attached hydrogens (tertiary/aromatic N) is 4. The molecule has 0 aliphatic rings. The standard InChI is InChI=1S/C36H30Cl2N6O6S/c1-22-17-28(18-23(2)34(22)38)50-27-6-3-25(4-7-27)21-43-35(30-19-26(37)5-9-31(30)41-43)36(45)42-51(48,49)29-8-10-33(44(46)47)32(20-29)40-16-13-24-11-14-39-15-12-24/h3-12,14-15,17-20,40H,13,16,21H2,1-2H3,(H,42,45). The Labute approximate surface area is 303 Å². The molecule has 0 fully saturated rings. The third-order valence-electron chi connectivity index (χ3n) is 8.00. The van der Waals surface area contributed by atoms with Gasteiger partial charge in [0.2, 0.25) is 0 Å². The van der Waals surface area contributed by atoms with E-state index in [0.29, 0.717) is 38.9 Å². The van der Waals surface area contributed by atoms with E-state index in [1.165, 1.54) is 10.7 Å². The maximum Gasteiger partial charge on any atom is 0.292 e. The van der Waals surface area contributed by atoms with Gasteiger partial charge in [-0.15, -0.1) is 0 Å². The molecule has 260 valence electrons. The van der Waals surface area contributed by atoms with Crippen molar-refractivity contribution in [3.63, 3.8) is 0 Å². The second-order valence-electron chi connectivity index (χ2n) is 11.7. The Balaban J connectivity index is 1.24. The smallest absolute Gasteiger partial charge is 0.292 e. The average Bonchev–Trinajstić information content (AvgIpc) is 3.45. The Morgan fingerprint density at radius 2 is 1.61 bits per heavy atom. The number of nitro groups is 1. The number of amides is 1. The number of hydrogen-bond donors (Lipinski definition) is 2. The van der Waals surface area contributed by atoms with E-state index in [2.05, 4.69) is 20.1 Å². The van der Waals surface area contributed by atoms with Crippen LogP contribution in [-0.4, -0.2) is 40.6 Å². The molecule has 0 aliphatic heterocycles. The molecule has 4 aromatic carbocycles. The van der Waals surface area contributed by atoms with Crippen LogP contribution < -0.4 is 14.8 Å². The fraction of sp³-hybridized carbons (Fsp3) is 0.139. The van der Waals surface area contributed by atoms with Gasteiger partial charge in [-0.25, -0.2) is 13.1 Å². The Hall–Kier alpha value is -5.50. The number of fused-ring (bicyclic) bond motifs is 1. The minimum atomic E-state index is -4.51. The van der Waals surface area contributed by atoms with Gasteiger partial charge < -0.3 is 10.1 Å². The van der Waals surface area contributed by atoms with Gasteiger partial charge >= 0.3 is 0 Å². The van der Waals surface area contributed by atoms with Crippen molar-refractivity contribution in [2.24, 2.45) is 0 Å². The van der Waals surface area contributed by atoms with Crippen LogP contribution in [-0.2, 0) is 23.0 Å². The molecule has 6 rings (SSSR count). The van der Waals surface area contributed by atoms with Crippen molar-refractivity contribution in [2.75, 3.05) is 11.9 Å². The Morgan fingerprint density at radius 3 is 2.29 bits per heavy atom. The van der Waals surface area contributed by atoms with Crippen LogP contribution in [0.2, 0.25) is 10.0 Å². The first-order chi connectivity index (χ1) is 24.4. The summed E-state index contributed by atoms with van der Waals surface area (Å²) in [5, 5.41) is 20.6. The van der Waals surface area contributed by atoms with Gasteiger partial charge in [-0.05, 0) is 109 Å². The van der Waals surface area contributed by atoms with Gasteiger partial charge in [-0.3, -0.25) is 24.6 Å². The molecule has 12 nitrogen and oxygen atoms in total. The molecule has 2 aromatic heterocycles. The number of nitro benzene ring substituents is 1. The molecule has 0 saturated heterocycles. The van der Waals surface area contributed by atoms with Crippen LogP contribution in [0.5, 0.6) is 11.5 Å². The summed E-state index contributed by atoms with van der Waals surface area (Å²) in [5.74, 6) is 0.257. The number of aromatic nitrogens is 3. The third kappa shape index (κ3) is 8.12. The van der Waals surface area contributed by atoms with E-state index >= 15 is 0 Å². The minimum Gasteiger partial charge on any atom is -0.457 e. The highest BCUT2D eigenvalue weighted by Gasteiger charge is 2.27. The molecule has 15 heteroatoms. The fourth-order valence-electron chi connectivity index (χ4n) is 5.50. The fourth-order valence-corrected chi connectivity index (χ4v) is 6.76. The monoisotopic (exact) mass is 744 g/mol. The maximum absolute atomic E-state index is 13.8. The zero-order valence-corrected chi connectivity index (χ0v) is 29.6. The Kier molecular flexibility index (Phi) is 10.2. The van der Waals surface area contributed by atoms with Gasteiger partial charge in [0.25, 0.3) is 21.6 Å². The van der Waals surface area contributed by atoms with Crippen LogP contribution in [0.15, 0.2) is 102 Å². The SMILES string of the molecule is Cc1cc(Oc2ccc(Cn3nc4ccc(Cl)cc4c3C(=O)NS(=O)(=O)c3ccc([N+](=O)[O-])c(NCCc4ccncc4)c3)cc2)cc(C)c1Cl.